The van der Waals surface area contributed by atoms with Crippen LogP contribution in [0.5, 0.6) is 0 Å². The Hall–Kier alpha value is 0.354. The van der Waals surface area contributed by atoms with Crippen molar-refractivity contribution in [3.05, 3.63) is 0 Å². The molecule has 0 aromatic carbocycles. The van der Waals surface area contributed by atoms with Crippen LogP contribution in [-0.2, 0) is 26.4 Å². The summed E-state index contributed by atoms with van der Waals surface area (Å²) < 4.78 is 41.0. The van der Waals surface area contributed by atoms with Crippen molar-refractivity contribution in [1.82, 2.24) is 0 Å². The molecule has 0 aliphatic rings. The fraction of sp³-hybridized carbons (Fsp3) is 1.00. The molecule has 15 heavy (non-hydrogen) atoms. The van der Waals surface area contributed by atoms with Gasteiger partial charge in [-0.1, -0.05) is 0 Å². The van der Waals surface area contributed by atoms with E-state index in [1.165, 1.54) is 0 Å². The van der Waals surface area contributed by atoms with E-state index in [-0.39, 0.29) is 13.2 Å². The van der Waals surface area contributed by atoms with E-state index in [9.17, 15) is 11.4 Å². The maximum atomic E-state index is 11.5. The second kappa shape index (κ2) is 4.69. The van der Waals surface area contributed by atoms with E-state index >= 15 is 0 Å². The van der Waals surface area contributed by atoms with E-state index in [1.54, 1.807) is 0 Å². The molecule has 0 amide bonds. The van der Waals surface area contributed by atoms with E-state index < -0.39 is 11.7 Å². The molecule has 0 spiro atoms. The fourth-order valence-electron chi connectivity index (χ4n) is 0.829. The first-order valence-corrected chi connectivity index (χ1v) is 9.92. The molecule has 0 saturated heterocycles. The molecule has 5 nitrogen and oxygen atoms in total. The molecule has 0 bridgehead atoms. The van der Waals surface area contributed by atoms with Crippen LogP contribution in [0.4, 0.5) is 0 Å². The van der Waals surface area contributed by atoms with Gasteiger partial charge in [-0.2, -0.15) is 0 Å². The van der Waals surface area contributed by atoms with E-state index in [1.807, 2.05) is 13.8 Å². The Labute approximate surface area is 93.2 Å². The molecule has 93 valence electrons. The van der Waals surface area contributed by atoms with Gasteiger partial charge in [0.2, 0.25) is 0 Å². The molecular weight excluding hydrogens is 262 g/mol. The van der Waals surface area contributed by atoms with Gasteiger partial charge in [-0.05, 0) is 0 Å². The minimum absolute atomic E-state index is 0.171. The molecule has 1 N–H and O–H groups in total. The van der Waals surface area contributed by atoms with Gasteiger partial charge in [0.1, 0.15) is 0 Å². The van der Waals surface area contributed by atoms with Crippen molar-refractivity contribution in [1.29, 1.82) is 0 Å². The van der Waals surface area contributed by atoms with Crippen LogP contribution in [0, 0.1) is 0 Å². The van der Waals surface area contributed by atoms with Crippen LogP contribution >= 0.6 is 9.85 Å². The zero-order chi connectivity index (χ0) is 12.1. The van der Waals surface area contributed by atoms with Gasteiger partial charge >= 0.3 is 93.0 Å². The van der Waals surface area contributed by atoms with Crippen molar-refractivity contribution in [2.45, 2.75) is 39.5 Å². The van der Waals surface area contributed by atoms with Gasteiger partial charge in [0, 0.05) is 0 Å². The van der Waals surface area contributed by atoms with Crippen LogP contribution in [0.3, 0.4) is 0 Å². The first-order chi connectivity index (χ1) is 6.62. The Bertz CT molecular complexity index is 321. The summed E-state index contributed by atoms with van der Waals surface area (Å²) in [5, 5.41) is 0. The minimum atomic E-state index is -7.41. The summed E-state index contributed by atoms with van der Waals surface area (Å²) in [6.45, 7) is 3.37. The normalized spacial score (nSPS) is 17.1. The molecule has 0 atom stereocenters. The molecule has 0 unspecified atom stereocenters. The van der Waals surface area contributed by atoms with Gasteiger partial charge in [-0.25, -0.2) is 0 Å². The number of hydrogen-bond donors (Lipinski definition) is 1. The summed E-state index contributed by atoms with van der Waals surface area (Å²) >= 11 is -7.41. The monoisotopic (exact) mass is 281 g/mol. The second-order valence-corrected chi connectivity index (χ2v) is 10.7. The zero-order valence-electron chi connectivity index (χ0n) is 9.15. The summed E-state index contributed by atoms with van der Waals surface area (Å²) in [4.78, 5) is 0. The van der Waals surface area contributed by atoms with Crippen molar-refractivity contribution in [2.75, 3.05) is 13.2 Å². The third-order valence-electron chi connectivity index (χ3n) is 1.71. The molecule has 0 aliphatic carbocycles. The van der Waals surface area contributed by atoms with Gasteiger partial charge < -0.3 is 0 Å². The summed E-state index contributed by atoms with van der Waals surface area (Å²) in [5.74, 6) is 0. The third kappa shape index (κ3) is 8.19. The van der Waals surface area contributed by atoms with Gasteiger partial charge in [0.05, 0.1) is 0 Å². The Kier molecular flexibility index (Phi) is 4.80. The Morgan fingerprint density at radius 1 is 1.07 bits per heavy atom. The summed E-state index contributed by atoms with van der Waals surface area (Å²) in [5.41, 5.74) is 0. The fourth-order valence-corrected chi connectivity index (χ4v) is 3.09. The topological polar surface area (TPSA) is 72.8 Å². The third-order valence-corrected chi connectivity index (χ3v) is 4.74. The molecule has 0 radical (unpaired) electrons. The Morgan fingerprint density at radius 2 is 1.40 bits per heavy atom. The first kappa shape index (κ1) is 15.4. The predicted octanol–water partition coefficient (Wildman–Crippen LogP) is 2.43. The van der Waals surface area contributed by atoms with Crippen LogP contribution in [0.2, 0.25) is 0 Å². The number of rotatable bonds is 8. The molecule has 0 saturated carbocycles. The van der Waals surface area contributed by atoms with Gasteiger partial charge in [-0.15, -0.1) is 0 Å². The average Bonchev–Trinajstić information content (AvgIpc) is 2.02. The molecule has 7 heteroatoms. The van der Waals surface area contributed by atoms with E-state index in [0.29, 0.717) is 12.8 Å². The first-order valence-electron chi connectivity index (χ1n) is 5.09. The van der Waals surface area contributed by atoms with Crippen LogP contribution in [-0.4, -0.2) is 17.2 Å². The van der Waals surface area contributed by atoms with Crippen molar-refractivity contribution in [3.8, 4) is 0 Å². The summed E-state index contributed by atoms with van der Waals surface area (Å²) in [6.07, 6.45) is 2.43. The summed E-state index contributed by atoms with van der Waals surface area (Å²) in [7, 11) is 5.10. The van der Waals surface area contributed by atoms with Gasteiger partial charge in [0.25, 0.3) is 0 Å². The average molecular weight is 282 g/mol. The summed E-state index contributed by atoms with van der Waals surface area (Å²) in [6, 6.07) is 0. The van der Waals surface area contributed by atoms with Gasteiger partial charge in [-0.3, -0.25) is 0 Å². The van der Waals surface area contributed by atoms with Crippen LogP contribution in [0.1, 0.15) is 39.5 Å². The molecular formula is C8H19ClO5V. The Morgan fingerprint density at radius 3 is 1.67 bits per heavy atom. The molecule has 0 aliphatic heterocycles. The van der Waals surface area contributed by atoms with E-state index in [0.717, 1.165) is 12.8 Å². The Balaban J connectivity index is 4.40. The van der Waals surface area contributed by atoms with Crippen LogP contribution in [0.25, 0.3) is 0 Å². The van der Waals surface area contributed by atoms with E-state index in [2.05, 4.69) is 7.32 Å². The van der Waals surface area contributed by atoms with E-state index in [4.69, 9.17) is 9.85 Å². The van der Waals surface area contributed by atoms with Crippen molar-refractivity contribution in [3.63, 3.8) is 0 Å². The quantitative estimate of drug-likeness (QED) is 0.692. The predicted molar refractivity (Wildman–Crippen MR) is 51.2 cm³/mol. The second-order valence-electron chi connectivity index (χ2n) is 3.50. The van der Waals surface area contributed by atoms with Crippen molar-refractivity contribution < 1.29 is 30.5 Å². The number of halogens is 1. The SMILES string of the molecule is CCCC[O][V](=[O])(=[O])([OH])([Cl])[O]CCCC. The molecule has 0 rings (SSSR count). The standard InChI is InChI=1S/2C4H9O.ClH.H2O.2O.V/c2*1-2-3-4-5;;;;;/h2*2-4H2,1H3;1H;1H2;;;/q2*-1;;;;;+4/p-2. The molecule has 0 fully saturated rings. The van der Waals surface area contributed by atoms with Crippen molar-refractivity contribution in [2.24, 2.45) is 0 Å². The van der Waals surface area contributed by atoms with Crippen molar-refractivity contribution >= 4 is 9.85 Å². The zero-order valence-corrected chi connectivity index (χ0v) is 11.3. The van der Waals surface area contributed by atoms with Crippen LogP contribution in [0.15, 0.2) is 0 Å². The molecule has 0 aromatic rings. The van der Waals surface area contributed by atoms with Gasteiger partial charge in [0.15, 0.2) is 0 Å². The maximum absolute atomic E-state index is 11.5. The molecule has 0 heterocycles. The number of unbranched alkanes of at least 4 members (excludes halogenated alkanes) is 2. The number of hydrogen-bond acceptors (Lipinski definition) is 4. The molecule has 0 aromatic heterocycles. The van der Waals surface area contributed by atoms with Crippen LogP contribution < -0.4 is 0 Å².